The van der Waals surface area contributed by atoms with Crippen molar-refractivity contribution >= 4 is 5.84 Å². The predicted molar refractivity (Wildman–Crippen MR) is 72.6 cm³/mol. The van der Waals surface area contributed by atoms with E-state index in [1.54, 1.807) is 0 Å². The molecule has 0 amide bonds. The van der Waals surface area contributed by atoms with Gasteiger partial charge in [-0.25, -0.2) is 0 Å². The van der Waals surface area contributed by atoms with Crippen molar-refractivity contribution in [3.8, 4) is 0 Å². The number of oxime groups is 1. The van der Waals surface area contributed by atoms with Gasteiger partial charge in [-0.15, -0.1) is 0 Å². The van der Waals surface area contributed by atoms with Gasteiger partial charge in [0.25, 0.3) is 0 Å². The number of nitrogens with two attached hydrogens (primary N) is 1. The fourth-order valence-electron chi connectivity index (χ4n) is 2.32. The zero-order valence-corrected chi connectivity index (χ0v) is 11.7. The van der Waals surface area contributed by atoms with Gasteiger partial charge in [-0.1, -0.05) is 25.9 Å². The molecule has 0 saturated heterocycles. The Balaban J connectivity index is 2.47. The zero-order chi connectivity index (χ0) is 13.8. The standard InChI is InChI=1S/C13H27N3O2/c1-12(2,3)10(4-7-17)15-9-13(5-6-13)8-11(14)16-18/h10,15,17-18H,4-9H2,1-3H3,(H2,14,16). The number of amidine groups is 1. The van der Waals surface area contributed by atoms with Gasteiger partial charge < -0.3 is 21.4 Å². The molecule has 1 aliphatic rings. The van der Waals surface area contributed by atoms with E-state index < -0.39 is 0 Å². The molecule has 1 saturated carbocycles. The molecule has 0 aromatic rings. The van der Waals surface area contributed by atoms with Gasteiger partial charge in [0.2, 0.25) is 0 Å². The first kappa shape index (κ1) is 15.2. The monoisotopic (exact) mass is 257 g/mol. The van der Waals surface area contributed by atoms with E-state index in [1.807, 2.05) is 0 Å². The molecule has 1 aliphatic carbocycles. The molecule has 106 valence electrons. The summed E-state index contributed by atoms with van der Waals surface area (Å²) in [4.78, 5) is 0. The lowest BCUT2D eigenvalue weighted by Crippen LogP contribution is -2.44. The minimum atomic E-state index is 0.120. The SMILES string of the molecule is CC(C)(C)C(CCO)NCC1(CC(N)=NO)CC1. The van der Waals surface area contributed by atoms with Crippen LogP contribution in [0.3, 0.4) is 0 Å². The van der Waals surface area contributed by atoms with Crippen LogP contribution < -0.4 is 11.1 Å². The molecule has 0 bridgehead atoms. The fourth-order valence-corrected chi connectivity index (χ4v) is 2.32. The molecule has 0 heterocycles. The van der Waals surface area contributed by atoms with E-state index in [2.05, 4.69) is 31.2 Å². The Morgan fingerprint density at radius 3 is 2.44 bits per heavy atom. The molecule has 0 aromatic carbocycles. The van der Waals surface area contributed by atoms with Gasteiger partial charge in [0.15, 0.2) is 0 Å². The van der Waals surface area contributed by atoms with Gasteiger partial charge >= 0.3 is 0 Å². The number of aliphatic hydroxyl groups excluding tert-OH is 1. The third-order valence-electron chi connectivity index (χ3n) is 3.83. The molecule has 0 aliphatic heterocycles. The molecule has 1 atom stereocenters. The van der Waals surface area contributed by atoms with Crippen molar-refractivity contribution in [2.75, 3.05) is 13.2 Å². The molecule has 1 unspecified atom stereocenters. The van der Waals surface area contributed by atoms with E-state index in [-0.39, 0.29) is 23.5 Å². The average molecular weight is 257 g/mol. The Labute approximate surface area is 109 Å². The normalized spacial score (nSPS) is 20.8. The molecule has 0 aromatic heterocycles. The predicted octanol–water partition coefficient (Wildman–Crippen LogP) is 1.29. The molecule has 1 fully saturated rings. The Hall–Kier alpha value is -0.810. The minimum Gasteiger partial charge on any atom is -0.409 e. The smallest absolute Gasteiger partial charge is 0.139 e. The second-order valence-corrected chi connectivity index (χ2v) is 6.58. The van der Waals surface area contributed by atoms with E-state index in [9.17, 15) is 0 Å². The molecule has 5 nitrogen and oxygen atoms in total. The van der Waals surface area contributed by atoms with Gasteiger partial charge in [0.1, 0.15) is 5.84 Å². The lowest BCUT2D eigenvalue weighted by Gasteiger charge is -2.33. The van der Waals surface area contributed by atoms with Crippen molar-refractivity contribution in [3.05, 3.63) is 0 Å². The second kappa shape index (κ2) is 5.89. The summed E-state index contributed by atoms with van der Waals surface area (Å²) in [6, 6.07) is 0.285. The largest absolute Gasteiger partial charge is 0.409 e. The van der Waals surface area contributed by atoms with E-state index in [1.165, 1.54) is 0 Å². The van der Waals surface area contributed by atoms with Crippen LogP contribution in [-0.4, -0.2) is 35.3 Å². The molecule has 0 spiro atoms. The van der Waals surface area contributed by atoms with E-state index in [0.29, 0.717) is 12.3 Å². The molecule has 5 heteroatoms. The van der Waals surface area contributed by atoms with Crippen molar-refractivity contribution in [1.29, 1.82) is 0 Å². The Morgan fingerprint density at radius 2 is 2.06 bits per heavy atom. The summed E-state index contributed by atoms with van der Waals surface area (Å²) in [6.45, 7) is 7.57. The molecular weight excluding hydrogens is 230 g/mol. The van der Waals surface area contributed by atoms with Crippen LogP contribution in [0, 0.1) is 10.8 Å². The molecule has 1 rings (SSSR count). The van der Waals surface area contributed by atoms with Crippen LogP contribution in [0.4, 0.5) is 0 Å². The van der Waals surface area contributed by atoms with Crippen molar-refractivity contribution in [2.24, 2.45) is 21.7 Å². The number of nitrogens with one attached hydrogen (secondary N) is 1. The molecule has 0 radical (unpaired) electrons. The van der Waals surface area contributed by atoms with Crippen molar-refractivity contribution in [2.45, 2.75) is 52.5 Å². The highest BCUT2D eigenvalue weighted by atomic mass is 16.4. The van der Waals surface area contributed by atoms with E-state index in [0.717, 1.165) is 25.8 Å². The quantitative estimate of drug-likeness (QED) is 0.239. The van der Waals surface area contributed by atoms with Crippen molar-refractivity contribution < 1.29 is 10.3 Å². The summed E-state index contributed by atoms with van der Waals surface area (Å²) < 4.78 is 0. The number of hydrogen-bond acceptors (Lipinski definition) is 4. The van der Waals surface area contributed by atoms with Crippen LogP contribution in [0.15, 0.2) is 5.16 Å². The maximum atomic E-state index is 9.12. The van der Waals surface area contributed by atoms with Gasteiger partial charge in [0, 0.05) is 25.6 Å². The second-order valence-electron chi connectivity index (χ2n) is 6.58. The Kier molecular flexibility index (Phi) is 4.99. The highest BCUT2D eigenvalue weighted by Crippen LogP contribution is 2.48. The first-order chi connectivity index (χ1) is 8.33. The molecule has 18 heavy (non-hydrogen) atoms. The summed E-state index contributed by atoms with van der Waals surface area (Å²) in [5.74, 6) is 0.309. The van der Waals surface area contributed by atoms with Crippen LogP contribution in [0.5, 0.6) is 0 Å². The molecule has 5 N–H and O–H groups in total. The lowest BCUT2D eigenvalue weighted by atomic mass is 9.84. The number of rotatable bonds is 7. The van der Waals surface area contributed by atoms with Crippen LogP contribution in [0.2, 0.25) is 0 Å². The highest BCUT2D eigenvalue weighted by Gasteiger charge is 2.43. The summed E-state index contributed by atoms with van der Waals surface area (Å²) in [5, 5.41) is 24.3. The van der Waals surface area contributed by atoms with Crippen LogP contribution >= 0.6 is 0 Å². The van der Waals surface area contributed by atoms with Crippen LogP contribution in [0.25, 0.3) is 0 Å². The maximum Gasteiger partial charge on any atom is 0.139 e. The zero-order valence-electron chi connectivity index (χ0n) is 11.7. The number of nitrogens with zero attached hydrogens (tertiary/aromatic N) is 1. The first-order valence-corrected chi connectivity index (χ1v) is 6.64. The molecular formula is C13H27N3O2. The van der Waals surface area contributed by atoms with Crippen molar-refractivity contribution in [3.63, 3.8) is 0 Å². The van der Waals surface area contributed by atoms with Crippen LogP contribution in [-0.2, 0) is 0 Å². The summed E-state index contributed by atoms with van der Waals surface area (Å²) in [5.41, 5.74) is 5.86. The van der Waals surface area contributed by atoms with E-state index in [4.69, 9.17) is 16.0 Å². The van der Waals surface area contributed by atoms with Gasteiger partial charge in [-0.05, 0) is 30.1 Å². The van der Waals surface area contributed by atoms with Crippen LogP contribution in [0.1, 0.15) is 46.5 Å². The summed E-state index contributed by atoms with van der Waals surface area (Å²) in [7, 11) is 0. The first-order valence-electron chi connectivity index (χ1n) is 6.64. The summed E-state index contributed by atoms with van der Waals surface area (Å²) in [6.07, 6.45) is 3.63. The Bertz CT molecular complexity index is 293. The topological polar surface area (TPSA) is 90.9 Å². The number of aliphatic hydroxyl groups is 1. The number of hydrogen-bond donors (Lipinski definition) is 4. The van der Waals surface area contributed by atoms with Gasteiger partial charge in [-0.3, -0.25) is 0 Å². The highest BCUT2D eigenvalue weighted by molar-refractivity contribution is 5.80. The lowest BCUT2D eigenvalue weighted by molar-refractivity contribution is 0.190. The van der Waals surface area contributed by atoms with E-state index >= 15 is 0 Å². The Morgan fingerprint density at radius 1 is 1.44 bits per heavy atom. The third kappa shape index (κ3) is 4.46. The fraction of sp³-hybridized carbons (Fsp3) is 0.923. The van der Waals surface area contributed by atoms with Gasteiger partial charge in [0.05, 0.1) is 0 Å². The third-order valence-corrected chi connectivity index (χ3v) is 3.83. The average Bonchev–Trinajstić information content (AvgIpc) is 3.02. The maximum absolute atomic E-state index is 9.12. The minimum absolute atomic E-state index is 0.120. The van der Waals surface area contributed by atoms with Crippen molar-refractivity contribution in [1.82, 2.24) is 5.32 Å². The van der Waals surface area contributed by atoms with Gasteiger partial charge in [-0.2, -0.15) is 0 Å². The summed E-state index contributed by atoms with van der Waals surface area (Å²) >= 11 is 0.